The maximum Gasteiger partial charge on any atom is 0.138 e. The first-order valence-corrected chi connectivity index (χ1v) is 5.77. The lowest BCUT2D eigenvalue weighted by Crippen LogP contribution is -2.28. The van der Waals surface area contributed by atoms with Crippen LogP contribution >= 0.6 is 0 Å². The van der Waals surface area contributed by atoms with Gasteiger partial charge in [0.15, 0.2) is 0 Å². The quantitative estimate of drug-likeness (QED) is 0.747. The van der Waals surface area contributed by atoms with Gasteiger partial charge in [-0.3, -0.25) is 0 Å². The van der Waals surface area contributed by atoms with E-state index in [2.05, 4.69) is 23.9 Å². The van der Waals surface area contributed by atoms with Crippen LogP contribution < -0.4 is 0 Å². The Labute approximate surface area is 96.1 Å². The first-order chi connectivity index (χ1) is 7.54. The van der Waals surface area contributed by atoms with Gasteiger partial charge in [-0.1, -0.05) is 20.8 Å². The predicted octanol–water partition coefficient (Wildman–Crippen LogP) is 0.608. The van der Waals surface area contributed by atoms with Gasteiger partial charge in [0.05, 0.1) is 12.2 Å². The van der Waals surface area contributed by atoms with Gasteiger partial charge in [-0.2, -0.15) is 5.10 Å². The number of hydrogen-bond acceptors (Lipinski definition) is 4. The molecule has 0 radical (unpaired) electrons. The third-order valence-corrected chi connectivity index (χ3v) is 2.49. The minimum absolute atomic E-state index is 0.349. The lowest BCUT2D eigenvalue weighted by molar-refractivity contribution is 0.0163. The van der Waals surface area contributed by atoms with Crippen LogP contribution in [0.3, 0.4) is 0 Å². The highest BCUT2D eigenvalue weighted by atomic mass is 16.3. The van der Waals surface area contributed by atoms with E-state index < -0.39 is 12.2 Å². The molecular weight excluding hydrogens is 206 g/mol. The second-order valence-electron chi connectivity index (χ2n) is 4.50. The third-order valence-electron chi connectivity index (χ3n) is 2.49. The van der Waals surface area contributed by atoms with Crippen LogP contribution in [0.25, 0.3) is 0 Å². The van der Waals surface area contributed by atoms with Crippen LogP contribution in [0.5, 0.6) is 0 Å². The van der Waals surface area contributed by atoms with Gasteiger partial charge in [0, 0.05) is 13.0 Å². The fourth-order valence-electron chi connectivity index (χ4n) is 1.54. The van der Waals surface area contributed by atoms with E-state index in [-0.39, 0.29) is 0 Å². The zero-order valence-corrected chi connectivity index (χ0v) is 10.2. The molecule has 2 atom stereocenters. The molecule has 5 heteroatoms. The second kappa shape index (κ2) is 5.96. The van der Waals surface area contributed by atoms with Crippen molar-refractivity contribution in [1.82, 2.24) is 14.8 Å². The van der Waals surface area contributed by atoms with Crippen molar-refractivity contribution < 1.29 is 10.2 Å². The minimum atomic E-state index is -0.764. The average molecular weight is 227 g/mol. The predicted molar refractivity (Wildman–Crippen MR) is 60.9 cm³/mol. The first-order valence-electron chi connectivity index (χ1n) is 5.77. The summed E-state index contributed by atoms with van der Waals surface area (Å²) in [5, 5.41) is 23.3. The van der Waals surface area contributed by atoms with E-state index in [0.717, 1.165) is 12.4 Å². The zero-order chi connectivity index (χ0) is 12.1. The molecule has 92 valence electrons. The van der Waals surface area contributed by atoms with Crippen LogP contribution in [0.2, 0.25) is 0 Å². The van der Waals surface area contributed by atoms with Gasteiger partial charge in [-0.15, -0.1) is 0 Å². The smallest absolute Gasteiger partial charge is 0.138 e. The molecule has 16 heavy (non-hydrogen) atoms. The number of nitrogens with zero attached hydrogens (tertiary/aromatic N) is 3. The lowest BCUT2D eigenvalue weighted by atomic mass is 10.1. The van der Waals surface area contributed by atoms with E-state index >= 15 is 0 Å². The molecule has 1 aromatic heterocycles. The Morgan fingerprint density at radius 2 is 2.00 bits per heavy atom. The summed E-state index contributed by atoms with van der Waals surface area (Å²) >= 11 is 0. The molecule has 5 nitrogen and oxygen atoms in total. The first kappa shape index (κ1) is 13.1. The van der Waals surface area contributed by atoms with E-state index in [0.29, 0.717) is 18.8 Å². The Kier molecular flexibility index (Phi) is 4.89. The van der Waals surface area contributed by atoms with Crippen molar-refractivity contribution in [3.05, 3.63) is 12.2 Å². The Morgan fingerprint density at radius 1 is 1.31 bits per heavy atom. The summed E-state index contributed by atoms with van der Waals surface area (Å²) in [7, 11) is 0. The van der Waals surface area contributed by atoms with Crippen LogP contribution in [-0.4, -0.2) is 37.2 Å². The highest BCUT2D eigenvalue weighted by Gasteiger charge is 2.18. The molecule has 0 saturated heterocycles. The number of aliphatic hydroxyl groups is 2. The Morgan fingerprint density at radius 3 is 2.56 bits per heavy atom. The van der Waals surface area contributed by atoms with Crippen LogP contribution in [0.4, 0.5) is 0 Å². The molecule has 0 fully saturated rings. The molecule has 0 aliphatic heterocycles. The molecular formula is C11H21N3O2. The van der Waals surface area contributed by atoms with Crippen molar-refractivity contribution in [2.75, 3.05) is 0 Å². The Bertz CT molecular complexity index is 312. The summed E-state index contributed by atoms with van der Waals surface area (Å²) in [6.45, 7) is 6.82. The normalized spacial score (nSPS) is 15.4. The van der Waals surface area contributed by atoms with Gasteiger partial charge in [-0.05, 0) is 12.3 Å². The fourth-order valence-corrected chi connectivity index (χ4v) is 1.54. The van der Waals surface area contributed by atoms with E-state index in [1.54, 1.807) is 4.68 Å². The van der Waals surface area contributed by atoms with Gasteiger partial charge in [0.1, 0.15) is 12.2 Å². The summed E-state index contributed by atoms with van der Waals surface area (Å²) < 4.78 is 1.79. The number of aromatic nitrogens is 3. The molecule has 0 aliphatic rings. The largest absolute Gasteiger partial charge is 0.390 e. The molecule has 0 saturated carbocycles. The topological polar surface area (TPSA) is 71.2 Å². The van der Waals surface area contributed by atoms with E-state index in [4.69, 9.17) is 0 Å². The van der Waals surface area contributed by atoms with Crippen molar-refractivity contribution >= 4 is 0 Å². The Balaban J connectivity index is 2.62. The molecule has 0 bridgehead atoms. The summed E-state index contributed by atoms with van der Waals surface area (Å²) in [6, 6.07) is 0. The van der Waals surface area contributed by atoms with Gasteiger partial charge in [0.25, 0.3) is 0 Å². The molecule has 1 aromatic rings. The third kappa shape index (κ3) is 3.57. The summed E-state index contributed by atoms with van der Waals surface area (Å²) in [6.07, 6.45) is 0.925. The molecule has 0 amide bonds. The molecule has 0 spiro atoms. The molecule has 2 unspecified atom stereocenters. The zero-order valence-electron chi connectivity index (χ0n) is 10.2. The highest BCUT2D eigenvalue weighted by molar-refractivity contribution is 4.89. The molecule has 0 aliphatic carbocycles. The van der Waals surface area contributed by atoms with E-state index in [1.165, 1.54) is 6.33 Å². The second-order valence-corrected chi connectivity index (χ2v) is 4.50. The molecule has 1 heterocycles. The van der Waals surface area contributed by atoms with Crippen molar-refractivity contribution in [2.24, 2.45) is 5.92 Å². The van der Waals surface area contributed by atoms with Crippen LogP contribution in [-0.2, 0) is 13.0 Å². The summed E-state index contributed by atoms with van der Waals surface area (Å²) in [4.78, 5) is 4.11. The monoisotopic (exact) mass is 227 g/mol. The number of aliphatic hydroxyl groups excluding tert-OH is 2. The van der Waals surface area contributed by atoms with Crippen LogP contribution in [0, 0.1) is 5.92 Å². The SMILES string of the molecule is CCC(O)C(O)Cc1ncnn1CC(C)C. The molecule has 0 aromatic carbocycles. The Hall–Kier alpha value is -0.940. The molecule has 1 rings (SSSR count). The van der Waals surface area contributed by atoms with Crippen LogP contribution in [0.1, 0.15) is 33.0 Å². The van der Waals surface area contributed by atoms with Gasteiger partial charge >= 0.3 is 0 Å². The fraction of sp³-hybridized carbons (Fsp3) is 0.818. The van der Waals surface area contributed by atoms with Gasteiger partial charge in [-0.25, -0.2) is 9.67 Å². The average Bonchev–Trinajstić information content (AvgIpc) is 2.63. The van der Waals surface area contributed by atoms with Gasteiger partial charge < -0.3 is 10.2 Å². The summed E-state index contributed by atoms with van der Waals surface area (Å²) in [5.41, 5.74) is 0. The highest BCUT2D eigenvalue weighted by Crippen LogP contribution is 2.07. The summed E-state index contributed by atoms with van der Waals surface area (Å²) in [5.74, 6) is 1.21. The number of hydrogen-bond donors (Lipinski definition) is 2. The number of rotatable bonds is 6. The van der Waals surface area contributed by atoms with Crippen molar-refractivity contribution in [3.63, 3.8) is 0 Å². The molecule has 2 N–H and O–H groups in total. The standard InChI is InChI=1S/C11H21N3O2/c1-4-9(15)10(16)5-11-12-7-13-14(11)6-8(2)3/h7-10,15-16H,4-6H2,1-3H3. The van der Waals surface area contributed by atoms with Crippen molar-refractivity contribution in [1.29, 1.82) is 0 Å². The van der Waals surface area contributed by atoms with E-state index in [1.807, 2.05) is 6.92 Å². The minimum Gasteiger partial charge on any atom is -0.390 e. The maximum atomic E-state index is 9.72. The van der Waals surface area contributed by atoms with Crippen molar-refractivity contribution in [3.8, 4) is 0 Å². The van der Waals surface area contributed by atoms with Crippen molar-refractivity contribution in [2.45, 2.75) is 52.4 Å². The lowest BCUT2D eigenvalue weighted by Gasteiger charge is -2.16. The van der Waals surface area contributed by atoms with Crippen LogP contribution in [0.15, 0.2) is 6.33 Å². The van der Waals surface area contributed by atoms with E-state index in [9.17, 15) is 10.2 Å². The maximum absolute atomic E-state index is 9.72. The van der Waals surface area contributed by atoms with Gasteiger partial charge in [0.2, 0.25) is 0 Å².